The molecule has 0 spiro atoms. The van der Waals surface area contributed by atoms with E-state index in [0.29, 0.717) is 0 Å². The van der Waals surface area contributed by atoms with E-state index in [-0.39, 0.29) is 0 Å². The predicted octanol–water partition coefficient (Wildman–Crippen LogP) is 0.888. The van der Waals surface area contributed by atoms with Crippen LogP contribution in [0.5, 0.6) is 0 Å². The minimum atomic E-state index is 1.06. The predicted molar refractivity (Wildman–Crippen MR) is 36.1 cm³/mol. The van der Waals surface area contributed by atoms with Gasteiger partial charge in [-0.25, -0.2) is 0 Å². The average Bonchev–Trinajstić information content (AvgIpc) is 1.90. The van der Waals surface area contributed by atoms with Gasteiger partial charge in [-0.2, -0.15) is 0 Å². The van der Waals surface area contributed by atoms with Gasteiger partial charge in [-0.15, -0.1) is 0 Å². The van der Waals surface area contributed by atoms with Gasteiger partial charge in [-0.05, 0) is 0 Å². The van der Waals surface area contributed by atoms with Crippen molar-refractivity contribution in [1.82, 2.24) is 0 Å². The van der Waals surface area contributed by atoms with Gasteiger partial charge >= 0.3 is 57.2 Å². The molecular weight excluding hydrogens is 163 g/mol. The summed E-state index contributed by atoms with van der Waals surface area (Å²) in [7, 11) is 0. The van der Waals surface area contributed by atoms with E-state index < -0.39 is 0 Å². The Kier molecular flexibility index (Phi) is 2.13. The molecule has 0 aliphatic rings. The molecule has 0 unspecified atom stereocenters. The van der Waals surface area contributed by atoms with E-state index in [1.54, 1.807) is 0 Å². The van der Waals surface area contributed by atoms with E-state index in [1.807, 2.05) is 12.1 Å². The van der Waals surface area contributed by atoms with Crippen LogP contribution < -0.4 is 0 Å². The summed E-state index contributed by atoms with van der Waals surface area (Å²) in [4.78, 5) is 0. The van der Waals surface area contributed by atoms with E-state index in [9.17, 15) is 0 Å². The molecule has 1 aromatic rings. The van der Waals surface area contributed by atoms with Crippen molar-refractivity contribution in [1.29, 1.82) is 0 Å². The van der Waals surface area contributed by atoms with E-state index in [0.717, 1.165) is 5.32 Å². The van der Waals surface area contributed by atoms with Gasteiger partial charge in [0.2, 0.25) is 0 Å². The number of benzene rings is 1. The van der Waals surface area contributed by atoms with Gasteiger partial charge < -0.3 is 0 Å². The normalized spacial score (nSPS) is 9.12. The van der Waals surface area contributed by atoms with Crippen LogP contribution in [0.15, 0.2) is 24.3 Å². The molecular formula is C7H7Se. The van der Waals surface area contributed by atoms with Gasteiger partial charge in [0.15, 0.2) is 0 Å². The van der Waals surface area contributed by atoms with Crippen LogP contribution in [-0.2, 0) is 5.32 Å². The molecule has 0 fully saturated rings. The summed E-state index contributed by atoms with van der Waals surface area (Å²) in [5, 5.41) is 1.06. The summed E-state index contributed by atoms with van der Waals surface area (Å²) < 4.78 is 0. The Labute approximate surface area is 57.7 Å². The molecule has 0 atom stereocenters. The van der Waals surface area contributed by atoms with Crippen molar-refractivity contribution in [2.45, 2.75) is 5.32 Å². The molecule has 0 bridgehead atoms. The second-order valence-corrected chi connectivity index (χ2v) is 2.23. The SMILES string of the molecule is [SeH]Cc1cc[c]cc1. The maximum absolute atomic E-state index is 2.96. The maximum atomic E-state index is 2.96. The van der Waals surface area contributed by atoms with Crippen molar-refractivity contribution in [3.63, 3.8) is 0 Å². The van der Waals surface area contributed by atoms with Crippen LogP contribution in [0, 0.1) is 6.07 Å². The van der Waals surface area contributed by atoms with Crippen LogP contribution >= 0.6 is 0 Å². The van der Waals surface area contributed by atoms with Crippen molar-refractivity contribution in [3.8, 4) is 0 Å². The molecule has 0 aromatic heterocycles. The summed E-state index contributed by atoms with van der Waals surface area (Å²) in [6, 6.07) is 11.0. The van der Waals surface area contributed by atoms with E-state index in [2.05, 4.69) is 34.2 Å². The first kappa shape index (κ1) is 5.87. The quantitative estimate of drug-likeness (QED) is 0.549. The molecule has 0 nitrogen and oxygen atoms in total. The zero-order valence-corrected chi connectivity index (χ0v) is 6.34. The summed E-state index contributed by atoms with van der Waals surface area (Å²) in [6.07, 6.45) is 0. The van der Waals surface area contributed by atoms with E-state index in [1.165, 1.54) is 5.56 Å². The molecule has 0 saturated heterocycles. The Morgan fingerprint density at radius 2 is 2.00 bits per heavy atom. The third-order valence-corrected chi connectivity index (χ3v) is 1.74. The molecule has 0 heterocycles. The van der Waals surface area contributed by atoms with Crippen molar-refractivity contribution in [3.05, 3.63) is 35.9 Å². The molecule has 8 heavy (non-hydrogen) atoms. The minimum absolute atomic E-state index is 1.06. The van der Waals surface area contributed by atoms with Crippen LogP contribution in [0.25, 0.3) is 0 Å². The van der Waals surface area contributed by atoms with Gasteiger partial charge in [-0.3, -0.25) is 0 Å². The Hall–Kier alpha value is -0.261. The Morgan fingerprint density at radius 3 is 2.38 bits per heavy atom. The number of hydrogen-bond acceptors (Lipinski definition) is 0. The zero-order valence-electron chi connectivity index (χ0n) is 4.46. The third-order valence-electron chi connectivity index (χ3n) is 0.970. The van der Waals surface area contributed by atoms with Crippen LogP contribution in [-0.4, -0.2) is 16.0 Å². The summed E-state index contributed by atoms with van der Waals surface area (Å²) in [5.74, 6) is 0. The Balaban J connectivity index is 2.83. The second kappa shape index (κ2) is 2.91. The fourth-order valence-electron chi connectivity index (χ4n) is 0.527. The van der Waals surface area contributed by atoms with Gasteiger partial charge in [0.05, 0.1) is 0 Å². The van der Waals surface area contributed by atoms with Crippen molar-refractivity contribution >= 4 is 16.0 Å². The second-order valence-electron chi connectivity index (χ2n) is 1.57. The molecule has 0 aliphatic carbocycles. The van der Waals surface area contributed by atoms with Crippen molar-refractivity contribution in [2.24, 2.45) is 0 Å². The fraction of sp³-hybridized carbons (Fsp3) is 0.143. The molecule has 1 heteroatoms. The summed E-state index contributed by atoms with van der Waals surface area (Å²) in [6.45, 7) is 0. The van der Waals surface area contributed by atoms with Crippen LogP contribution in [0.3, 0.4) is 0 Å². The molecule has 0 N–H and O–H groups in total. The molecule has 41 valence electrons. The topological polar surface area (TPSA) is 0 Å². The first-order chi connectivity index (χ1) is 3.93. The molecule has 0 saturated carbocycles. The monoisotopic (exact) mass is 171 g/mol. The van der Waals surface area contributed by atoms with Crippen LogP contribution in [0.1, 0.15) is 5.56 Å². The van der Waals surface area contributed by atoms with E-state index >= 15 is 0 Å². The Morgan fingerprint density at radius 1 is 1.38 bits per heavy atom. The van der Waals surface area contributed by atoms with Gasteiger partial charge in [-0.1, -0.05) is 0 Å². The zero-order chi connectivity index (χ0) is 5.82. The van der Waals surface area contributed by atoms with Gasteiger partial charge in [0.25, 0.3) is 0 Å². The number of hydrogen-bond donors (Lipinski definition) is 0. The first-order valence-electron chi connectivity index (χ1n) is 2.49. The average molecular weight is 170 g/mol. The molecule has 1 aromatic carbocycles. The van der Waals surface area contributed by atoms with Gasteiger partial charge in [0, 0.05) is 0 Å². The fourth-order valence-corrected chi connectivity index (χ4v) is 0.969. The van der Waals surface area contributed by atoms with Gasteiger partial charge in [0.1, 0.15) is 0 Å². The van der Waals surface area contributed by atoms with Crippen LogP contribution in [0.4, 0.5) is 0 Å². The molecule has 1 rings (SSSR count). The van der Waals surface area contributed by atoms with Crippen LogP contribution in [0.2, 0.25) is 0 Å². The van der Waals surface area contributed by atoms with E-state index in [4.69, 9.17) is 0 Å². The van der Waals surface area contributed by atoms with Crippen molar-refractivity contribution < 1.29 is 0 Å². The summed E-state index contributed by atoms with van der Waals surface area (Å²) >= 11 is 2.55. The first-order valence-corrected chi connectivity index (χ1v) is 3.82. The number of rotatable bonds is 1. The molecule has 1 radical (unpaired) electrons. The molecule has 0 amide bonds. The summed E-state index contributed by atoms with van der Waals surface area (Å²) in [5.41, 5.74) is 1.35. The standard InChI is InChI=1S/C7H7Se/c8-6-7-4-2-1-3-5-7/h2-5,8H,6H2. The molecule has 0 aliphatic heterocycles. The Bertz CT molecular complexity index is 146. The third kappa shape index (κ3) is 1.36. The van der Waals surface area contributed by atoms with Crippen molar-refractivity contribution in [2.75, 3.05) is 0 Å².